The maximum absolute atomic E-state index is 12.6. The summed E-state index contributed by atoms with van der Waals surface area (Å²) in [6, 6.07) is 2.46. The number of nitrogens with zero attached hydrogens (tertiary/aromatic N) is 4. The van der Waals surface area contributed by atoms with Crippen LogP contribution in [-0.4, -0.2) is 39.6 Å². The molecule has 0 aromatic carbocycles. The van der Waals surface area contributed by atoms with Gasteiger partial charge in [0.15, 0.2) is 0 Å². The van der Waals surface area contributed by atoms with E-state index < -0.39 is 11.9 Å². The van der Waals surface area contributed by atoms with Crippen molar-refractivity contribution in [3.63, 3.8) is 0 Å². The van der Waals surface area contributed by atoms with Crippen molar-refractivity contribution in [1.82, 2.24) is 19.9 Å². The van der Waals surface area contributed by atoms with Gasteiger partial charge >= 0.3 is 6.18 Å². The van der Waals surface area contributed by atoms with E-state index in [4.69, 9.17) is 0 Å². The maximum Gasteiger partial charge on any atom is 0.433 e. The van der Waals surface area contributed by atoms with Crippen LogP contribution in [0.5, 0.6) is 0 Å². The van der Waals surface area contributed by atoms with Crippen LogP contribution in [0.3, 0.4) is 0 Å². The molecule has 0 atom stereocenters. The molecule has 9 heteroatoms. The first kappa shape index (κ1) is 17.2. The molecule has 0 bridgehead atoms. The number of piperidine rings is 1. The highest BCUT2D eigenvalue weighted by Crippen LogP contribution is 2.29. The van der Waals surface area contributed by atoms with E-state index in [9.17, 15) is 18.0 Å². The van der Waals surface area contributed by atoms with Crippen LogP contribution >= 0.6 is 0 Å². The molecule has 1 fully saturated rings. The van der Waals surface area contributed by atoms with Gasteiger partial charge in [0.05, 0.1) is 24.4 Å². The molecule has 0 spiro atoms. The zero-order valence-corrected chi connectivity index (χ0v) is 13.6. The maximum atomic E-state index is 12.6. The van der Waals surface area contributed by atoms with Gasteiger partial charge < -0.3 is 14.8 Å². The summed E-state index contributed by atoms with van der Waals surface area (Å²) in [6.07, 6.45) is 1.32. The third-order valence-corrected chi connectivity index (χ3v) is 4.28. The van der Waals surface area contributed by atoms with Crippen LogP contribution in [0, 0.1) is 0 Å². The van der Waals surface area contributed by atoms with Crippen LogP contribution in [0.1, 0.15) is 29.0 Å². The fourth-order valence-corrected chi connectivity index (χ4v) is 2.86. The molecule has 0 radical (unpaired) electrons. The number of pyridine rings is 1. The smallest absolute Gasteiger partial charge is 0.370 e. The number of carbonyl (C=O) groups excluding carboxylic acids is 1. The highest BCUT2D eigenvalue weighted by Gasteiger charge is 2.32. The Labute approximate surface area is 142 Å². The van der Waals surface area contributed by atoms with Crippen LogP contribution in [0.2, 0.25) is 0 Å². The number of hydrogen-bond donors (Lipinski definition) is 1. The standard InChI is InChI=1S/C16H18F3N5O/c1-23-10-20-9-13(23)15(25)22-11-4-6-24(7-5-11)12-2-3-14(21-8-12)16(17,18)19/h2-3,8-11H,4-7H2,1H3,(H,22,25). The Morgan fingerprint density at radius 1 is 1.24 bits per heavy atom. The second-order valence-electron chi connectivity index (χ2n) is 6.02. The molecular formula is C16H18F3N5O. The number of carbonyl (C=O) groups is 1. The second kappa shape index (κ2) is 6.73. The van der Waals surface area contributed by atoms with Gasteiger partial charge in [0.25, 0.3) is 5.91 Å². The third kappa shape index (κ3) is 3.92. The van der Waals surface area contributed by atoms with Gasteiger partial charge in [-0.25, -0.2) is 9.97 Å². The molecule has 1 N–H and O–H groups in total. The Bertz CT molecular complexity index is 733. The number of aromatic nitrogens is 3. The minimum absolute atomic E-state index is 0.0288. The van der Waals surface area contributed by atoms with Crippen LogP contribution in [0.25, 0.3) is 0 Å². The topological polar surface area (TPSA) is 63.1 Å². The summed E-state index contributed by atoms with van der Waals surface area (Å²) in [6.45, 7) is 1.28. The highest BCUT2D eigenvalue weighted by molar-refractivity contribution is 5.92. The molecule has 3 rings (SSSR count). The Kier molecular flexibility index (Phi) is 4.65. The summed E-state index contributed by atoms with van der Waals surface area (Å²) in [5.74, 6) is -0.172. The number of imidazole rings is 1. The van der Waals surface area contributed by atoms with E-state index >= 15 is 0 Å². The molecule has 1 saturated heterocycles. The lowest BCUT2D eigenvalue weighted by Crippen LogP contribution is -2.45. The minimum Gasteiger partial charge on any atom is -0.370 e. The van der Waals surface area contributed by atoms with E-state index in [0.29, 0.717) is 37.3 Å². The summed E-state index contributed by atoms with van der Waals surface area (Å²) < 4.78 is 39.3. The van der Waals surface area contributed by atoms with E-state index in [1.165, 1.54) is 18.5 Å². The first-order valence-electron chi connectivity index (χ1n) is 7.90. The average molecular weight is 353 g/mol. The van der Waals surface area contributed by atoms with E-state index in [-0.39, 0.29) is 11.9 Å². The van der Waals surface area contributed by atoms with Gasteiger partial charge in [-0.3, -0.25) is 4.79 Å². The quantitative estimate of drug-likeness (QED) is 0.919. The molecule has 0 unspecified atom stereocenters. The summed E-state index contributed by atoms with van der Waals surface area (Å²) in [7, 11) is 1.75. The number of aryl methyl sites for hydroxylation is 1. The molecular weight excluding hydrogens is 335 g/mol. The van der Waals surface area contributed by atoms with Crippen molar-refractivity contribution in [2.24, 2.45) is 7.05 Å². The Morgan fingerprint density at radius 3 is 2.48 bits per heavy atom. The highest BCUT2D eigenvalue weighted by atomic mass is 19.4. The van der Waals surface area contributed by atoms with Crippen molar-refractivity contribution in [2.45, 2.75) is 25.1 Å². The summed E-state index contributed by atoms with van der Waals surface area (Å²) >= 11 is 0. The molecule has 3 heterocycles. The second-order valence-corrected chi connectivity index (χ2v) is 6.02. The number of amides is 1. The largest absolute Gasteiger partial charge is 0.433 e. The molecule has 6 nitrogen and oxygen atoms in total. The van der Waals surface area contributed by atoms with E-state index in [1.54, 1.807) is 17.9 Å². The Hall–Kier alpha value is -2.58. The number of alkyl halides is 3. The lowest BCUT2D eigenvalue weighted by molar-refractivity contribution is -0.141. The lowest BCUT2D eigenvalue weighted by Gasteiger charge is -2.33. The van der Waals surface area contributed by atoms with Gasteiger partial charge in [0.2, 0.25) is 0 Å². The molecule has 2 aromatic heterocycles. The van der Waals surface area contributed by atoms with Gasteiger partial charge in [-0.2, -0.15) is 13.2 Å². The van der Waals surface area contributed by atoms with Crippen LogP contribution in [-0.2, 0) is 13.2 Å². The normalized spacial score (nSPS) is 16.1. The number of rotatable bonds is 3. The molecule has 0 saturated carbocycles. The van der Waals surface area contributed by atoms with Gasteiger partial charge in [-0.15, -0.1) is 0 Å². The van der Waals surface area contributed by atoms with Crippen molar-refractivity contribution in [2.75, 3.05) is 18.0 Å². The number of hydrogen-bond acceptors (Lipinski definition) is 4. The van der Waals surface area contributed by atoms with Gasteiger partial charge in [-0.05, 0) is 25.0 Å². The fourth-order valence-electron chi connectivity index (χ4n) is 2.86. The van der Waals surface area contributed by atoms with E-state index in [2.05, 4.69) is 15.3 Å². The molecule has 0 aliphatic carbocycles. The van der Waals surface area contributed by atoms with Crippen molar-refractivity contribution in [3.8, 4) is 0 Å². The molecule has 1 amide bonds. The molecule has 25 heavy (non-hydrogen) atoms. The van der Waals surface area contributed by atoms with Crippen LogP contribution in [0.15, 0.2) is 30.9 Å². The van der Waals surface area contributed by atoms with Gasteiger partial charge in [0, 0.05) is 26.2 Å². The molecule has 134 valence electrons. The summed E-state index contributed by atoms with van der Waals surface area (Å²) in [5.41, 5.74) is 0.258. The molecule has 1 aliphatic heterocycles. The van der Waals surface area contributed by atoms with Crippen LogP contribution in [0.4, 0.5) is 18.9 Å². The van der Waals surface area contributed by atoms with Crippen molar-refractivity contribution >= 4 is 11.6 Å². The van der Waals surface area contributed by atoms with Crippen molar-refractivity contribution in [1.29, 1.82) is 0 Å². The Balaban J connectivity index is 1.55. The minimum atomic E-state index is -4.43. The van der Waals surface area contributed by atoms with Crippen LogP contribution < -0.4 is 10.2 Å². The van der Waals surface area contributed by atoms with Gasteiger partial charge in [0.1, 0.15) is 11.4 Å². The number of halogens is 3. The Morgan fingerprint density at radius 2 is 1.96 bits per heavy atom. The fraction of sp³-hybridized carbons (Fsp3) is 0.438. The third-order valence-electron chi connectivity index (χ3n) is 4.28. The first-order chi connectivity index (χ1) is 11.8. The van der Waals surface area contributed by atoms with Crippen molar-refractivity contribution in [3.05, 3.63) is 42.2 Å². The monoisotopic (exact) mass is 353 g/mol. The van der Waals surface area contributed by atoms with E-state index in [1.807, 2.05) is 4.90 Å². The molecule has 1 aliphatic rings. The average Bonchev–Trinajstić information content (AvgIpc) is 3.01. The van der Waals surface area contributed by atoms with E-state index in [0.717, 1.165) is 6.07 Å². The lowest BCUT2D eigenvalue weighted by atomic mass is 10.0. The van der Waals surface area contributed by atoms with Crippen molar-refractivity contribution < 1.29 is 18.0 Å². The number of nitrogens with one attached hydrogen (secondary N) is 1. The zero-order valence-electron chi connectivity index (χ0n) is 13.6. The predicted molar refractivity (Wildman–Crippen MR) is 85.1 cm³/mol. The predicted octanol–water partition coefficient (Wildman–Crippen LogP) is 2.23. The van der Waals surface area contributed by atoms with Gasteiger partial charge in [-0.1, -0.05) is 0 Å². The first-order valence-corrected chi connectivity index (χ1v) is 7.90. The summed E-state index contributed by atoms with van der Waals surface area (Å²) in [5, 5.41) is 2.97. The number of anilines is 1. The summed E-state index contributed by atoms with van der Waals surface area (Å²) in [4.78, 5) is 21.6. The zero-order chi connectivity index (χ0) is 18.0. The SMILES string of the molecule is Cn1cncc1C(=O)NC1CCN(c2ccc(C(F)(F)F)nc2)CC1. The molecule has 2 aromatic rings.